The van der Waals surface area contributed by atoms with Crippen LogP contribution in [0.15, 0.2) is 0 Å². The monoisotopic (exact) mass is 255 g/mol. The SMILES string of the molecule is CCCCCCCCCC(=O)N1CC(C(=O)O)C1. The summed E-state index contributed by atoms with van der Waals surface area (Å²) in [5, 5.41) is 8.71. The highest BCUT2D eigenvalue weighted by Gasteiger charge is 2.34. The van der Waals surface area contributed by atoms with E-state index in [1.54, 1.807) is 4.90 Å². The number of amides is 1. The van der Waals surface area contributed by atoms with Gasteiger partial charge >= 0.3 is 5.97 Å². The molecular formula is C14H25NO3. The van der Waals surface area contributed by atoms with Gasteiger partial charge in [0.15, 0.2) is 0 Å². The lowest BCUT2D eigenvalue weighted by Crippen LogP contribution is -2.52. The van der Waals surface area contributed by atoms with Crippen molar-refractivity contribution in [1.82, 2.24) is 4.90 Å². The molecule has 0 bridgehead atoms. The number of carboxylic acids is 1. The van der Waals surface area contributed by atoms with Crippen molar-refractivity contribution in [1.29, 1.82) is 0 Å². The Hall–Kier alpha value is -1.06. The van der Waals surface area contributed by atoms with Gasteiger partial charge in [-0.25, -0.2) is 0 Å². The van der Waals surface area contributed by atoms with Gasteiger partial charge in [0.05, 0.1) is 5.92 Å². The summed E-state index contributed by atoms with van der Waals surface area (Å²) in [4.78, 5) is 23.9. The maximum atomic E-state index is 11.7. The summed E-state index contributed by atoms with van der Waals surface area (Å²) in [6.07, 6.45) is 9.00. The molecule has 4 nitrogen and oxygen atoms in total. The first-order valence-electron chi connectivity index (χ1n) is 7.15. The molecule has 1 rings (SSSR count). The van der Waals surface area contributed by atoms with Crippen LogP contribution in [0.25, 0.3) is 0 Å². The average Bonchev–Trinajstić information content (AvgIpc) is 2.25. The Kier molecular flexibility index (Phi) is 6.76. The maximum Gasteiger partial charge on any atom is 0.310 e. The largest absolute Gasteiger partial charge is 0.481 e. The number of likely N-dealkylation sites (tertiary alicyclic amines) is 1. The smallest absolute Gasteiger partial charge is 0.310 e. The van der Waals surface area contributed by atoms with Crippen LogP contribution in [0.4, 0.5) is 0 Å². The second kappa shape index (κ2) is 8.11. The highest BCUT2D eigenvalue weighted by Crippen LogP contribution is 2.18. The summed E-state index contributed by atoms with van der Waals surface area (Å²) in [5.41, 5.74) is 0. The Morgan fingerprint density at radius 1 is 1.06 bits per heavy atom. The van der Waals surface area contributed by atoms with Crippen LogP contribution in [0.5, 0.6) is 0 Å². The molecule has 0 aromatic rings. The lowest BCUT2D eigenvalue weighted by molar-refractivity contribution is -0.152. The van der Waals surface area contributed by atoms with Gasteiger partial charge in [-0.3, -0.25) is 9.59 Å². The molecule has 4 heteroatoms. The number of hydrogen-bond acceptors (Lipinski definition) is 2. The van der Waals surface area contributed by atoms with Crippen molar-refractivity contribution in [2.24, 2.45) is 5.92 Å². The van der Waals surface area contributed by atoms with Crippen molar-refractivity contribution in [2.75, 3.05) is 13.1 Å². The Morgan fingerprint density at radius 2 is 1.61 bits per heavy atom. The number of carbonyl (C=O) groups is 2. The fraction of sp³-hybridized carbons (Fsp3) is 0.857. The first-order chi connectivity index (χ1) is 8.65. The topological polar surface area (TPSA) is 57.6 Å². The van der Waals surface area contributed by atoms with Crippen molar-refractivity contribution >= 4 is 11.9 Å². The van der Waals surface area contributed by atoms with Crippen LogP contribution in [0.2, 0.25) is 0 Å². The summed E-state index contributed by atoms with van der Waals surface area (Å²) >= 11 is 0. The molecule has 0 aromatic heterocycles. The fourth-order valence-corrected chi connectivity index (χ4v) is 2.23. The van der Waals surface area contributed by atoms with Crippen molar-refractivity contribution in [2.45, 2.75) is 58.3 Å². The second-order valence-electron chi connectivity index (χ2n) is 5.21. The van der Waals surface area contributed by atoms with Crippen LogP contribution in [0.3, 0.4) is 0 Å². The van der Waals surface area contributed by atoms with Gasteiger partial charge in [0.1, 0.15) is 0 Å². The Bertz CT molecular complexity index is 272. The first-order valence-corrected chi connectivity index (χ1v) is 7.15. The van der Waals surface area contributed by atoms with Crippen molar-refractivity contribution in [3.8, 4) is 0 Å². The second-order valence-corrected chi connectivity index (χ2v) is 5.21. The molecular weight excluding hydrogens is 230 g/mol. The van der Waals surface area contributed by atoms with Gasteiger partial charge in [0.2, 0.25) is 5.91 Å². The highest BCUT2D eigenvalue weighted by atomic mass is 16.4. The van der Waals surface area contributed by atoms with Crippen LogP contribution in [0, 0.1) is 5.92 Å². The molecule has 18 heavy (non-hydrogen) atoms. The third-order valence-corrected chi connectivity index (χ3v) is 3.58. The highest BCUT2D eigenvalue weighted by molar-refractivity contribution is 5.80. The van der Waals surface area contributed by atoms with Gasteiger partial charge < -0.3 is 10.0 Å². The minimum Gasteiger partial charge on any atom is -0.481 e. The molecule has 1 N–H and O–H groups in total. The summed E-state index contributed by atoms with van der Waals surface area (Å²) in [5.74, 6) is -0.987. The number of unbranched alkanes of at least 4 members (excludes halogenated alkanes) is 6. The number of hydrogen-bond donors (Lipinski definition) is 1. The number of carbonyl (C=O) groups excluding carboxylic acids is 1. The van der Waals surface area contributed by atoms with E-state index in [2.05, 4.69) is 6.92 Å². The molecule has 0 aromatic carbocycles. The summed E-state index contributed by atoms with van der Waals surface area (Å²) in [6, 6.07) is 0. The van der Waals surface area contributed by atoms with E-state index in [9.17, 15) is 9.59 Å². The summed E-state index contributed by atoms with van der Waals surface area (Å²) in [7, 11) is 0. The third kappa shape index (κ3) is 5.07. The van der Waals surface area contributed by atoms with Crippen molar-refractivity contribution in [3.05, 3.63) is 0 Å². The molecule has 1 fully saturated rings. The van der Waals surface area contributed by atoms with Gasteiger partial charge in [-0.05, 0) is 6.42 Å². The van der Waals surface area contributed by atoms with Crippen LogP contribution in [-0.2, 0) is 9.59 Å². The van der Waals surface area contributed by atoms with Crippen molar-refractivity contribution in [3.63, 3.8) is 0 Å². The number of rotatable bonds is 9. The van der Waals surface area contributed by atoms with Crippen LogP contribution in [0.1, 0.15) is 58.3 Å². The lowest BCUT2D eigenvalue weighted by Gasteiger charge is -2.36. The molecule has 1 aliphatic rings. The molecule has 0 saturated carbocycles. The van der Waals surface area contributed by atoms with Gasteiger partial charge in [-0.1, -0.05) is 45.4 Å². The van der Waals surface area contributed by atoms with Gasteiger partial charge in [0.25, 0.3) is 0 Å². The lowest BCUT2D eigenvalue weighted by atomic mass is 9.99. The number of nitrogens with zero attached hydrogens (tertiary/aromatic N) is 1. The molecule has 104 valence electrons. The molecule has 0 spiro atoms. The van der Waals surface area contributed by atoms with E-state index in [0.29, 0.717) is 19.5 Å². The molecule has 1 saturated heterocycles. The van der Waals surface area contributed by atoms with E-state index >= 15 is 0 Å². The van der Waals surface area contributed by atoms with E-state index in [4.69, 9.17) is 5.11 Å². The minimum absolute atomic E-state index is 0.126. The Balaban J connectivity index is 1.94. The molecule has 0 unspecified atom stereocenters. The minimum atomic E-state index is -0.782. The fourth-order valence-electron chi connectivity index (χ4n) is 2.23. The van der Waals surface area contributed by atoms with Gasteiger partial charge in [-0.2, -0.15) is 0 Å². The quantitative estimate of drug-likeness (QED) is 0.644. The van der Waals surface area contributed by atoms with Crippen molar-refractivity contribution < 1.29 is 14.7 Å². The normalized spacial score (nSPS) is 15.5. The zero-order chi connectivity index (χ0) is 13.4. The summed E-state index contributed by atoms with van der Waals surface area (Å²) in [6.45, 7) is 3.02. The Morgan fingerprint density at radius 3 is 2.17 bits per heavy atom. The number of carboxylic acid groups (broad SMARTS) is 1. The van der Waals surface area contributed by atoms with E-state index < -0.39 is 5.97 Å². The predicted molar refractivity (Wildman–Crippen MR) is 70.3 cm³/mol. The van der Waals surface area contributed by atoms with Gasteiger partial charge in [0, 0.05) is 19.5 Å². The van der Waals surface area contributed by atoms with Crippen LogP contribution < -0.4 is 0 Å². The number of aliphatic carboxylic acids is 1. The molecule has 0 atom stereocenters. The maximum absolute atomic E-state index is 11.7. The zero-order valence-electron chi connectivity index (χ0n) is 11.4. The summed E-state index contributed by atoms with van der Waals surface area (Å²) < 4.78 is 0. The molecule has 1 aliphatic heterocycles. The third-order valence-electron chi connectivity index (χ3n) is 3.58. The predicted octanol–water partition coefficient (Wildman–Crippen LogP) is 2.67. The van der Waals surface area contributed by atoms with E-state index in [0.717, 1.165) is 12.8 Å². The van der Waals surface area contributed by atoms with Crippen LogP contribution in [-0.4, -0.2) is 35.0 Å². The molecule has 1 heterocycles. The van der Waals surface area contributed by atoms with Gasteiger partial charge in [-0.15, -0.1) is 0 Å². The molecule has 0 aliphatic carbocycles. The Labute approximate surface area is 109 Å². The average molecular weight is 255 g/mol. The van der Waals surface area contributed by atoms with E-state index in [-0.39, 0.29) is 11.8 Å². The molecule has 0 radical (unpaired) electrons. The molecule has 1 amide bonds. The first kappa shape index (κ1) is 15.0. The van der Waals surface area contributed by atoms with E-state index in [1.165, 1.54) is 32.1 Å². The van der Waals surface area contributed by atoms with E-state index in [1.807, 2.05) is 0 Å². The standard InChI is InChI=1S/C14H25NO3/c1-2-3-4-5-6-7-8-9-13(16)15-10-12(11-15)14(17)18/h12H,2-11H2,1H3,(H,17,18). The van der Waals surface area contributed by atoms with Crippen LogP contribution >= 0.6 is 0 Å². The zero-order valence-corrected chi connectivity index (χ0v) is 11.4.